The van der Waals surface area contributed by atoms with E-state index in [9.17, 15) is 9.90 Å². The first kappa shape index (κ1) is 14.2. The molecule has 72 valence electrons. The SMILES string of the molecule is CC(=CC=Cc1ccccc1)C(=O)[O-].[Na+]. The molecule has 1 aromatic rings. The second kappa shape index (κ2) is 7.46. The third kappa shape index (κ3) is 5.57. The first-order chi connectivity index (χ1) is 6.70. The monoisotopic (exact) mass is 210 g/mol. The van der Waals surface area contributed by atoms with Crippen molar-refractivity contribution in [2.75, 3.05) is 0 Å². The van der Waals surface area contributed by atoms with Gasteiger partial charge in [-0.2, -0.15) is 0 Å². The summed E-state index contributed by atoms with van der Waals surface area (Å²) in [7, 11) is 0. The van der Waals surface area contributed by atoms with Crippen LogP contribution in [0.3, 0.4) is 0 Å². The molecule has 0 saturated heterocycles. The van der Waals surface area contributed by atoms with Gasteiger partial charge >= 0.3 is 29.6 Å². The van der Waals surface area contributed by atoms with Crippen molar-refractivity contribution >= 4 is 12.0 Å². The van der Waals surface area contributed by atoms with Gasteiger partial charge in [0.1, 0.15) is 0 Å². The maximum absolute atomic E-state index is 10.3. The van der Waals surface area contributed by atoms with E-state index in [4.69, 9.17) is 0 Å². The molecule has 0 saturated carbocycles. The van der Waals surface area contributed by atoms with E-state index < -0.39 is 5.97 Å². The molecule has 3 heteroatoms. The van der Waals surface area contributed by atoms with Gasteiger partial charge in [0.15, 0.2) is 0 Å². The van der Waals surface area contributed by atoms with E-state index in [1.54, 1.807) is 6.08 Å². The Labute approximate surface area is 112 Å². The number of carboxylic acids is 1. The van der Waals surface area contributed by atoms with E-state index in [1.165, 1.54) is 13.0 Å². The Morgan fingerprint density at radius 3 is 2.40 bits per heavy atom. The van der Waals surface area contributed by atoms with Gasteiger partial charge in [0.25, 0.3) is 0 Å². The average Bonchev–Trinajstić information content (AvgIpc) is 2.19. The standard InChI is InChI=1S/C12H12O2.Na/c1-10(12(13)14)6-5-9-11-7-3-2-4-8-11;/h2-9H,1H3,(H,13,14);/q;+1/p-1. The van der Waals surface area contributed by atoms with E-state index in [-0.39, 0.29) is 35.1 Å². The third-order valence-electron chi connectivity index (χ3n) is 1.76. The van der Waals surface area contributed by atoms with Gasteiger partial charge < -0.3 is 9.90 Å². The number of allylic oxidation sites excluding steroid dienone is 2. The molecule has 0 fully saturated rings. The predicted molar refractivity (Wildman–Crippen MR) is 54.2 cm³/mol. The summed E-state index contributed by atoms with van der Waals surface area (Å²) in [5.74, 6) is -1.14. The van der Waals surface area contributed by atoms with Crippen LogP contribution in [-0.2, 0) is 4.79 Å². The van der Waals surface area contributed by atoms with E-state index >= 15 is 0 Å². The number of carbonyl (C=O) groups is 1. The molecule has 0 aromatic heterocycles. The van der Waals surface area contributed by atoms with Gasteiger partial charge in [-0.15, -0.1) is 0 Å². The molecule has 0 bridgehead atoms. The Hall–Kier alpha value is -0.830. The minimum atomic E-state index is -1.14. The Kier molecular flexibility index (Phi) is 7.05. The fourth-order valence-corrected chi connectivity index (χ4v) is 0.936. The van der Waals surface area contributed by atoms with Crippen molar-refractivity contribution in [3.05, 3.63) is 53.6 Å². The van der Waals surface area contributed by atoms with Gasteiger partial charge in [0, 0.05) is 0 Å². The molecule has 0 amide bonds. The zero-order chi connectivity index (χ0) is 10.4. The van der Waals surface area contributed by atoms with Crippen molar-refractivity contribution in [3.63, 3.8) is 0 Å². The molecule has 0 radical (unpaired) electrons. The minimum absolute atomic E-state index is 0. The third-order valence-corrected chi connectivity index (χ3v) is 1.76. The predicted octanol–water partition coefficient (Wildman–Crippen LogP) is -1.60. The van der Waals surface area contributed by atoms with E-state index in [1.807, 2.05) is 36.4 Å². The molecule has 15 heavy (non-hydrogen) atoms. The minimum Gasteiger partial charge on any atom is -0.545 e. The fourth-order valence-electron chi connectivity index (χ4n) is 0.936. The molecule has 0 aliphatic heterocycles. The number of benzene rings is 1. The van der Waals surface area contributed by atoms with Crippen LogP contribution in [0.2, 0.25) is 0 Å². The topological polar surface area (TPSA) is 40.1 Å². The molecular weight excluding hydrogens is 199 g/mol. The number of aliphatic carboxylic acids is 1. The molecule has 2 nitrogen and oxygen atoms in total. The average molecular weight is 210 g/mol. The van der Waals surface area contributed by atoms with Gasteiger partial charge in [-0.3, -0.25) is 0 Å². The van der Waals surface area contributed by atoms with Gasteiger partial charge in [0.05, 0.1) is 5.97 Å². The van der Waals surface area contributed by atoms with Gasteiger partial charge in [-0.05, 0) is 18.1 Å². The zero-order valence-corrected chi connectivity index (χ0v) is 10.9. The molecule has 1 aromatic carbocycles. The number of rotatable bonds is 3. The summed E-state index contributed by atoms with van der Waals surface area (Å²) in [5.41, 5.74) is 1.26. The van der Waals surface area contributed by atoms with Crippen molar-refractivity contribution in [2.45, 2.75) is 6.92 Å². The molecule has 0 aliphatic rings. The van der Waals surface area contributed by atoms with Crippen molar-refractivity contribution in [2.24, 2.45) is 0 Å². The van der Waals surface area contributed by atoms with Crippen LogP contribution in [0.1, 0.15) is 12.5 Å². The molecule has 1 rings (SSSR count). The smallest absolute Gasteiger partial charge is 0.545 e. The van der Waals surface area contributed by atoms with Crippen molar-refractivity contribution in [1.82, 2.24) is 0 Å². The maximum Gasteiger partial charge on any atom is 1.00 e. The molecule has 0 spiro atoms. The van der Waals surface area contributed by atoms with Gasteiger partial charge in [0.2, 0.25) is 0 Å². The second-order valence-electron chi connectivity index (χ2n) is 2.91. The van der Waals surface area contributed by atoms with Crippen LogP contribution < -0.4 is 34.7 Å². The molecular formula is C12H11NaO2. The quantitative estimate of drug-likeness (QED) is 0.342. The van der Waals surface area contributed by atoms with Crippen LogP contribution in [0.5, 0.6) is 0 Å². The van der Waals surface area contributed by atoms with Crippen molar-refractivity contribution in [1.29, 1.82) is 0 Å². The largest absolute Gasteiger partial charge is 1.00 e. The van der Waals surface area contributed by atoms with E-state index in [0.717, 1.165) is 5.56 Å². The van der Waals surface area contributed by atoms with Crippen molar-refractivity contribution < 1.29 is 39.5 Å². The van der Waals surface area contributed by atoms with Crippen LogP contribution in [0, 0.1) is 0 Å². The number of hydrogen-bond acceptors (Lipinski definition) is 2. The van der Waals surface area contributed by atoms with Gasteiger partial charge in [-0.25, -0.2) is 0 Å². The zero-order valence-electron chi connectivity index (χ0n) is 8.94. The number of carboxylic acid groups (broad SMARTS) is 1. The van der Waals surface area contributed by atoms with E-state index in [0.29, 0.717) is 0 Å². The van der Waals surface area contributed by atoms with Gasteiger partial charge in [-0.1, -0.05) is 48.6 Å². The summed E-state index contributed by atoms with van der Waals surface area (Å²) in [4.78, 5) is 10.3. The number of carbonyl (C=O) groups excluding carboxylic acids is 1. The molecule has 0 atom stereocenters. The normalized spacial score (nSPS) is 11.1. The Morgan fingerprint density at radius 2 is 1.87 bits per heavy atom. The Bertz CT molecular complexity index is 366. The first-order valence-corrected chi connectivity index (χ1v) is 4.31. The number of hydrogen-bond donors (Lipinski definition) is 0. The fraction of sp³-hybridized carbons (Fsp3) is 0.0833. The summed E-state index contributed by atoms with van der Waals surface area (Å²) in [5, 5.41) is 10.3. The van der Waals surface area contributed by atoms with Crippen LogP contribution >= 0.6 is 0 Å². The van der Waals surface area contributed by atoms with Crippen LogP contribution in [0.4, 0.5) is 0 Å². The summed E-state index contributed by atoms with van der Waals surface area (Å²) in [6.45, 7) is 1.50. The summed E-state index contributed by atoms with van der Waals surface area (Å²) in [6.07, 6.45) is 5.05. The first-order valence-electron chi connectivity index (χ1n) is 4.31. The van der Waals surface area contributed by atoms with E-state index in [2.05, 4.69) is 0 Å². The van der Waals surface area contributed by atoms with Crippen LogP contribution in [0.25, 0.3) is 6.08 Å². The summed E-state index contributed by atoms with van der Waals surface area (Å²) < 4.78 is 0. The van der Waals surface area contributed by atoms with Crippen LogP contribution in [-0.4, -0.2) is 5.97 Å². The maximum atomic E-state index is 10.3. The molecule has 0 N–H and O–H groups in total. The molecule has 0 aliphatic carbocycles. The Balaban J connectivity index is 0.00000196. The molecule has 0 heterocycles. The summed E-state index contributed by atoms with van der Waals surface area (Å²) in [6, 6.07) is 9.67. The second-order valence-corrected chi connectivity index (χ2v) is 2.91. The van der Waals surface area contributed by atoms with Crippen LogP contribution in [0.15, 0.2) is 48.1 Å². The molecule has 0 unspecified atom stereocenters. The summed E-state index contributed by atoms with van der Waals surface area (Å²) >= 11 is 0. The van der Waals surface area contributed by atoms with Crippen molar-refractivity contribution in [3.8, 4) is 0 Å². The Morgan fingerprint density at radius 1 is 1.27 bits per heavy atom.